The number of rotatable bonds is 2. The topological polar surface area (TPSA) is 34.9 Å². The molecule has 98 valence electrons. The molecule has 1 aliphatic carbocycles. The Morgan fingerprint density at radius 2 is 2.05 bits per heavy atom. The number of Topliss-reactive ketones (excluding diaryl/α,β-unsaturated/α-hetero) is 1. The van der Waals surface area contributed by atoms with E-state index in [9.17, 15) is 4.79 Å². The van der Waals surface area contributed by atoms with Crippen molar-refractivity contribution in [2.75, 3.05) is 0 Å². The summed E-state index contributed by atoms with van der Waals surface area (Å²) < 4.78 is 1.79. The van der Waals surface area contributed by atoms with Crippen molar-refractivity contribution < 1.29 is 4.79 Å². The minimum Gasteiger partial charge on any atom is -0.287 e. The number of allylic oxidation sites excluding steroid dienone is 2. The highest BCUT2D eigenvalue weighted by Gasteiger charge is 2.19. The van der Waals surface area contributed by atoms with Crippen molar-refractivity contribution in [2.45, 2.75) is 32.1 Å². The molecule has 0 radical (unpaired) electrons. The summed E-state index contributed by atoms with van der Waals surface area (Å²) >= 11 is 0. The van der Waals surface area contributed by atoms with Crippen molar-refractivity contribution in [2.24, 2.45) is 7.05 Å². The second-order valence-electron chi connectivity index (χ2n) is 5.15. The standard InChI is InChI=1S/C16H18N2O/c1-18-14-11-7-6-10-13(14)15(17-18)16(19)12-8-4-2-3-5-9-12/h6-8,10-11H,2-5,9H2,1H3. The highest BCUT2D eigenvalue weighted by molar-refractivity contribution is 6.14. The molecule has 0 amide bonds. The summed E-state index contributed by atoms with van der Waals surface area (Å²) in [6.07, 6.45) is 7.55. The molecular weight excluding hydrogens is 236 g/mol. The van der Waals surface area contributed by atoms with Gasteiger partial charge in [-0.15, -0.1) is 0 Å². The molecule has 19 heavy (non-hydrogen) atoms. The molecule has 3 heteroatoms. The fraction of sp³-hybridized carbons (Fsp3) is 0.375. The van der Waals surface area contributed by atoms with Crippen LogP contribution in [0.5, 0.6) is 0 Å². The van der Waals surface area contributed by atoms with Crippen LogP contribution in [0.4, 0.5) is 0 Å². The molecule has 2 aromatic rings. The first-order valence-electron chi connectivity index (χ1n) is 6.93. The van der Waals surface area contributed by atoms with Crippen LogP contribution < -0.4 is 0 Å². The van der Waals surface area contributed by atoms with E-state index in [1.54, 1.807) is 4.68 Å². The molecule has 1 aromatic carbocycles. The first-order valence-corrected chi connectivity index (χ1v) is 6.93. The van der Waals surface area contributed by atoms with Gasteiger partial charge < -0.3 is 0 Å². The Balaban J connectivity index is 2.04. The lowest BCUT2D eigenvalue weighted by atomic mass is 10.0. The van der Waals surface area contributed by atoms with E-state index in [0.29, 0.717) is 5.69 Å². The highest BCUT2D eigenvalue weighted by atomic mass is 16.1. The van der Waals surface area contributed by atoms with Gasteiger partial charge in [0.1, 0.15) is 5.69 Å². The Hall–Kier alpha value is -1.90. The lowest BCUT2D eigenvalue weighted by Gasteiger charge is -2.02. The summed E-state index contributed by atoms with van der Waals surface area (Å²) in [6.45, 7) is 0. The molecule has 1 aromatic heterocycles. The van der Waals surface area contributed by atoms with Crippen LogP contribution in [-0.2, 0) is 7.05 Å². The van der Waals surface area contributed by atoms with E-state index in [1.165, 1.54) is 12.8 Å². The first kappa shape index (κ1) is 12.2. The smallest absolute Gasteiger partial charge is 0.209 e. The van der Waals surface area contributed by atoms with Gasteiger partial charge in [0.2, 0.25) is 5.78 Å². The van der Waals surface area contributed by atoms with Gasteiger partial charge in [-0.25, -0.2) is 0 Å². The van der Waals surface area contributed by atoms with Crippen LogP contribution in [0.2, 0.25) is 0 Å². The minimum absolute atomic E-state index is 0.110. The van der Waals surface area contributed by atoms with Gasteiger partial charge in [0.05, 0.1) is 5.52 Å². The average Bonchev–Trinajstić information content (AvgIpc) is 2.64. The van der Waals surface area contributed by atoms with Crippen molar-refractivity contribution in [1.29, 1.82) is 0 Å². The Morgan fingerprint density at radius 3 is 2.95 bits per heavy atom. The zero-order valence-corrected chi connectivity index (χ0v) is 11.2. The van der Waals surface area contributed by atoms with E-state index in [0.717, 1.165) is 35.7 Å². The third-order valence-corrected chi connectivity index (χ3v) is 3.81. The van der Waals surface area contributed by atoms with Crippen LogP contribution >= 0.6 is 0 Å². The molecule has 0 aliphatic heterocycles. The van der Waals surface area contributed by atoms with Gasteiger partial charge in [-0.1, -0.05) is 30.7 Å². The number of ketones is 1. The molecule has 3 nitrogen and oxygen atoms in total. The van der Waals surface area contributed by atoms with Crippen molar-refractivity contribution in [1.82, 2.24) is 9.78 Å². The predicted octanol–water partition coefficient (Wildman–Crippen LogP) is 3.65. The van der Waals surface area contributed by atoms with Crippen LogP contribution in [0.25, 0.3) is 10.9 Å². The van der Waals surface area contributed by atoms with Crippen LogP contribution in [0.15, 0.2) is 35.9 Å². The summed E-state index contributed by atoms with van der Waals surface area (Å²) in [6, 6.07) is 7.92. The maximum absolute atomic E-state index is 12.6. The quantitative estimate of drug-likeness (QED) is 0.767. The lowest BCUT2D eigenvalue weighted by molar-refractivity contribution is 0.102. The van der Waals surface area contributed by atoms with Crippen molar-refractivity contribution >= 4 is 16.7 Å². The number of carbonyl (C=O) groups is 1. The van der Waals surface area contributed by atoms with Gasteiger partial charge >= 0.3 is 0 Å². The first-order chi connectivity index (χ1) is 9.27. The fourth-order valence-corrected chi connectivity index (χ4v) is 2.75. The summed E-state index contributed by atoms with van der Waals surface area (Å²) in [5, 5.41) is 5.38. The molecule has 0 bridgehead atoms. The number of hydrogen-bond acceptors (Lipinski definition) is 2. The van der Waals surface area contributed by atoms with Gasteiger partial charge in [0, 0.05) is 12.4 Å². The number of hydrogen-bond donors (Lipinski definition) is 0. The Morgan fingerprint density at radius 1 is 1.21 bits per heavy atom. The number of aryl methyl sites for hydroxylation is 1. The van der Waals surface area contributed by atoms with E-state index in [4.69, 9.17) is 0 Å². The van der Waals surface area contributed by atoms with E-state index < -0.39 is 0 Å². The zero-order chi connectivity index (χ0) is 13.2. The van der Waals surface area contributed by atoms with Gasteiger partial charge in [0.15, 0.2) is 0 Å². The van der Waals surface area contributed by atoms with Gasteiger partial charge in [-0.05, 0) is 37.3 Å². The molecule has 0 saturated carbocycles. The van der Waals surface area contributed by atoms with Crippen molar-refractivity contribution in [3.05, 3.63) is 41.6 Å². The number of aromatic nitrogens is 2. The summed E-state index contributed by atoms with van der Waals surface area (Å²) in [5.74, 6) is 0.110. The molecule has 0 N–H and O–H groups in total. The van der Waals surface area contributed by atoms with E-state index >= 15 is 0 Å². The molecule has 0 spiro atoms. The minimum atomic E-state index is 0.110. The summed E-state index contributed by atoms with van der Waals surface area (Å²) in [4.78, 5) is 12.6. The zero-order valence-electron chi connectivity index (χ0n) is 11.2. The molecular formula is C16H18N2O. The molecule has 3 rings (SSSR count). The van der Waals surface area contributed by atoms with Crippen LogP contribution in [0, 0.1) is 0 Å². The molecule has 0 saturated heterocycles. The highest BCUT2D eigenvalue weighted by Crippen LogP contribution is 2.24. The SMILES string of the molecule is Cn1nc(C(=O)C2=CCCCCC2)c2ccccc21. The van der Waals surface area contributed by atoms with E-state index in [1.807, 2.05) is 31.3 Å². The van der Waals surface area contributed by atoms with Crippen molar-refractivity contribution in [3.8, 4) is 0 Å². The predicted molar refractivity (Wildman–Crippen MR) is 76.2 cm³/mol. The number of fused-ring (bicyclic) bond motifs is 1. The number of para-hydroxylation sites is 1. The van der Waals surface area contributed by atoms with E-state index in [-0.39, 0.29) is 5.78 Å². The summed E-state index contributed by atoms with van der Waals surface area (Å²) in [7, 11) is 1.89. The second-order valence-corrected chi connectivity index (χ2v) is 5.15. The third-order valence-electron chi connectivity index (χ3n) is 3.81. The van der Waals surface area contributed by atoms with Gasteiger partial charge in [0.25, 0.3) is 0 Å². The maximum Gasteiger partial charge on any atom is 0.209 e. The van der Waals surface area contributed by atoms with Crippen molar-refractivity contribution in [3.63, 3.8) is 0 Å². The number of nitrogens with zero attached hydrogens (tertiary/aromatic N) is 2. The number of benzene rings is 1. The Labute approximate surface area is 112 Å². The largest absolute Gasteiger partial charge is 0.287 e. The molecule has 1 heterocycles. The van der Waals surface area contributed by atoms with Crippen LogP contribution in [-0.4, -0.2) is 15.6 Å². The molecule has 0 atom stereocenters. The molecule has 0 fully saturated rings. The van der Waals surface area contributed by atoms with Gasteiger partial charge in [-0.3, -0.25) is 9.48 Å². The third kappa shape index (κ3) is 2.21. The summed E-state index contributed by atoms with van der Waals surface area (Å²) in [5.41, 5.74) is 2.56. The second kappa shape index (κ2) is 5.00. The Kier molecular flexibility index (Phi) is 3.20. The van der Waals surface area contributed by atoms with Crippen LogP contribution in [0.3, 0.4) is 0 Å². The fourth-order valence-electron chi connectivity index (χ4n) is 2.75. The van der Waals surface area contributed by atoms with E-state index in [2.05, 4.69) is 11.2 Å². The number of carbonyl (C=O) groups excluding carboxylic acids is 1. The maximum atomic E-state index is 12.6. The lowest BCUT2D eigenvalue weighted by Crippen LogP contribution is -2.05. The Bertz CT molecular complexity index is 652. The van der Waals surface area contributed by atoms with Crippen LogP contribution in [0.1, 0.15) is 42.6 Å². The monoisotopic (exact) mass is 254 g/mol. The normalized spacial score (nSPS) is 16.2. The average molecular weight is 254 g/mol. The molecule has 1 aliphatic rings. The molecule has 0 unspecified atom stereocenters. The van der Waals surface area contributed by atoms with Gasteiger partial charge in [-0.2, -0.15) is 5.10 Å².